The van der Waals surface area contributed by atoms with E-state index in [9.17, 15) is 9.59 Å². The molecule has 1 aromatic carbocycles. The first kappa shape index (κ1) is 16.2. The van der Waals surface area contributed by atoms with E-state index in [1.807, 2.05) is 30.3 Å². The normalized spacial score (nSPS) is 18.4. The molecule has 0 bridgehead atoms. The van der Waals surface area contributed by atoms with Crippen molar-refractivity contribution in [2.45, 2.75) is 31.3 Å². The quantitative estimate of drug-likeness (QED) is 0.759. The average molecular weight is 327 g/mol. The van der Waals surface area contributed by atoms with Crippen molar-refractivity contribution in [1.82, 2.24) is 14.9 Å². The lowest BCUT2D eigenvalue weighted by molar-refractivity contribution is -0.137. The predicted octanol–water partition coefficient (Wildman–Crippen LogP) is 0.909. The first-order valence-corrected chi connectivity index (χ1v) is 8.04. The molecule has 4 N–H and O–H groups in total. The summed E-state index contributed by atoms with van der Waals surface area (Å²) in [6, 6.07) is 8.09. The molecule has 1 aliphatic heterocycles. The summed E-state index contributed by atoms with van der Waals surface area (Å²) in [6.45, 7) is 0.558. The van der Waals surface area contributed by atoms with Crippen molar-refractivity contribution in [2.75, 3.05) is 11.9 Å². The van der Waals surface area contributed by atoms with E-state index in [1.165, 1.54) is 0 Å². The third kappa shape index (κ3) is 3.62. The monoisotopic (exact) mass is 327 g/mol. The second kappa shape index (κ2) is 7.27. The van der Waals surface area contributed by atoms with Crippen molar-refractivity contribution in [3.8, 4) is 0 Å². The molecule has 1 saturated heterocycles. The van der Waals surface area contributed by atoms with Gasteiger partial charge in [-0.15, -0.1) is 0 Å². The number of nitrogens with one attached hydrogen (secondary N) is 2. The van der Waals surface area contributed by atoms with E-state index in [-0.39, 0.29) is 11.8 Å². The zero-order valence-corrected chi connectivity index (χ0v) is 13.3. The van der Waals surface area contributed by atoms with Crippen molar-refractivity contribution in [3.63, 3.8) is 0 Å². The first-order valence-electron chi connectivity index (χ1n) is 8.04. The number of nitrogens with two attached hydrogens (primary N) is 1. The Bertz CT molecular complexity index is 686. The summed E-state index contributed by atoms with van der Waals surface area (Å²) in [6.07, 6.45) is 5.04. The Kier molecular flexibility index (Phi) is 4.90. The van der Waals surface area contributed by atoms with Crippen molar-refractivity contribution in [1.29, 1.82) is 0 Å². The Morgan fingerprint density at radius 2 is 2.17 bits per heavy atom. The third-order valence-electron chi connectivity index (χ3n) is 4.19. The molecule has 126 valence electrons. The Morgan fingerprint density at radius 1 is 1.38 bits per heavy atom. The minimum absolute atomic E-state index is 0.166. The smallest absolute Gasteiger partial charge is 0.247 e. The zero-order chi connectivity index (χ0) is 16.9. The van der Waals surface area contributed by atoms with Crippen LogP contribution in [0.1, 0.15) is 18.5 Å². The van der Waals surface area contributed by atoms with Crippen LogP contribution in [0, 0.1) is 0 Å². The highest BCUT2D eigenvalue weighted by Gasteiger charge is 2.36. The molecule has 2 amide bonds. The summed E-state index contributed by atoms with van der Waals surface area (Å²) in [5.41, 5.74) is 7.56. The van der Waals surface area contributed by atoms with E-state index in [1.54, 1.807) is 17.4 Å². The summed E-state index contributed by atoms with van der Waals surface area (Å²) in [4.78, 5) is 33.6. The molecule has 1 aliphatic rings. The number of hydrogen-bond acceptors (Lipinski definition) is 4. The molecule has 0 unspecified atom stereocenters. The zero-order valence-electron chi connectivity index (χ0n) is 13.3. The molecule has 2 aromatic rings. The van der Waals surface area contributed by atoms with Gasteiger partial charge >= 0.3 is 0 Å². The number of anilines is 1. The lowest BCUT2D eigenvalue weighted by Crippen LogP contribution is -2.50. The van der Waals surface area contributed by atoms with Crippen molar-refractivity contribution in [2.24, 2.45) is 5.73 Å². The summed E-state index contributed by atoms with van der Waals surface area (Å²) in [5.74, 6) is -0.365. The summed E-state index contributed by atoms with van der Waals surface area (Å²) >= 11 is 0. The molecule has 1 fully saturated rings. The number of imidazole rings is 1. The van der Waals surface area contributed by atoms with Gasteiger partial charge in [-0.05, 0) is 25.0 Å². The highest BCUT2D eigenvalue weighted by molar-refractivity contribution is 5.98. The number of aromatic amines is 1. The number of amides is 2. The fraction of sp³-hybridized carbons (Fsp3) is 0.353. The standard InChI is InChI=1S/C17H21N5O2/c18-14(9-13-10-19-11-20-13)17(24)22-8-4-7-15(22)16(23)21-12-5-2-1-3-6-12/h1-3,5-6,10-11,14-15H,4,7-9,18H2,(H,19,20)(H,21,23)/t14-,15-/m0/s1. The van der Waals surface area contributed by atoms with E-state index < -0.39 is 12.1 Å². The molecule has 7 nitrogen and oxygen atoms in total. The number of nitrogens with zero attached hydrogens (tertiary/aromatic N) is 2. The van der Waals surface area contributed by atoms with Crippen LogP contribution < -0.4 is 11.1 Å². The molecule has 24 heavy (non-hydrogen) atoms. The Balaban J connectivity index is 1.63. The minimum Gasteiger partial charge on any atom is -0.348 e. The molecule has 0 saturated carbocycles. The van der Waals surface area contributed by atoms with Crippen LogP contribution in [-0.4, -0.2) is 45.3 Å². The highest BCUT2D eigenvalue weighted by atomic mass is 16.2. The van der Waals surface area contributed by atoms with Gasteiger partial charge in [0.05, 0.1) is 12.4 Å². The average Bonchev–Trinajstić information content (AvgIpc) is 3.26. The van der Waals surface area contributed by atoms with Crippen LogP contribution in [0.2, 0.25) is 0 Å². The van der Waals surface area contributed by atoms with E-state index in [4.69, 9.17) is 5.73 Å². The summed E-state index contributed by atoms with van der Waals surface area (Å²) < 4.78 is 0. The largest absolute Gasteiger partial charge is 0.348 e. The van der Waals surface area contributed by atoms with Crippen molar-refractivity contribution in [3.05, 3.63) is 48.5 Å². The summed E-state index contributed by atoms with van der Waals surface area (Å²) in [5, 5.41) is 2.86. The van der Waals surface area contributed by atoms with E-state index in [0.29, 0.717) is 19.4 Å². The fourth-order valence-corrected chi connectivity index (χ4v) is 2.98. The van der Waals surface area contributed by atoms with Gasteiger partial charge in [-0.3, -0.25) is 9.59 Å². The SMILES string of the molecule is N[C@@H](Cc1cnc[nH]1)C(=O)N1CCC[C@H]1C(=O)Nc1ccccc1. The number of hydrogen-bond donors (Lipinski definition) is 3. The molecule has 0 aliphatic carbocycles. The van der Waals surface area contributed by atoms with Gasteiger partial charge in [0.25, 0.3) is 0 Å². The van der Waals surface area contributed by atoms with Gasteiger partial charge in [0.2, 0.25) is 11.8 Å². The number of benzene rings is 1. The Morgan fingerprint density at radius 3 is 2.88 bits per heavy atom. The van der Waals surface area contributed by atoms with E-state index >= 15 is 0 Å². The van der Waals surface area contributed by atoms with Crippen LogP contribution in [0.4, 0.5) is 5.69 Å². The lowest BCUT2D eigenvalue weighted by atomic mass is 10.1. The molecule has 2 atom stereocenters. The van der Waals surface area contributed by atoms with E-state index in [0.717, 1.165) is 17.8 Å². The maximum Gasteiger partial charge on any atom is 0.247 e. The highest BCUT2D eigenvalue weighted by Crippen LogP contribution is 2.20. The molecular weight excluding hydrogens is 306 g/mol. The molecule has 0 radical (unpaired) electrons. The number of carbonyl (C=O) groups excluding carboxylic acids is 2. The Labute approximate surface area is 140 Å². The van der Waals surface area contributed by atoms with Crippen LogP contribution in [0.3, 0.4) is 0 Å². The fourth-order valence-electron chi connectivity index (χ4n) is 2.98. The van der Waals surface area contributed by atoms with Gasteiger partial charge in [0.15, 0.2) is 0 Å². The van der Waals surface area contributed by atoms with Crippen LogP contribution in [0.15, 0.2) is 42.9 Å². The minimum atomic E-state index is -0.685. The maximum atomic E-state index is 12.6. The van der Waals surface area contributed by atoms with Gasteiger partial charge in [0, 0.05) is 30.5 Å². The summed E-state index contributed by atoms with van der Waals surface area (Å²) in [7, 11) is 0. The molecule has 0 spiro atoms. The topological polar surface area (TPSA) is 104 Å². The Hall–Kier alpha value is -2.67. The van der Waals surface area contributed by atoms with Crippen LogP contribution >= 0.6 is 0 Å². The number of aromatic nitrogens is 2. The second-order valence-electron chi connectivity index (χ2n) is 5.93. The first-order chi connectivity index (χ1) is 11.6. The molecule has 1 aromatic heterocycles. The van der Waals surface area contributed by atoms with Gasteiger partial charge in [-0.2, -0.15) is 0 Å². The third-order valence-corrected chi connectivity index (χ3v) is 4.19. The molecule has 7 heteroatoms. The number of para-hydroxylation sites is 1. The maximum absolute atomic E-state index is 12.6. The number of H-pyrrole nitrogens is 1. The predicted molar refractivity (Wildman–Crippen MR) is 90.1 cm³/mol. The molecular formula is C17H21N5O2. The van der Waals surface area contributed by atoms with Crippen LogP contribution in [0.5, 0.6) is 0 Å². The van der Waals surface area contributed by atoms with Gasteiger partial charge < -0.3 is 20.9 Å². The van der Waals surface area contributed by atoms with Gasteiger partial charge in [-0.1, -0.05) is 18.2 Å². The van der Waals surface area contributed by atoms with Crippen molar-refractivity contribution < 1.29 is 9.59 Å². The van der Waals surface area contributed by atoms with Gasteiger partial charge in [0.1, 0.15) is 6.04 Å². The van der Waals surface area contributed by atoms with Gasteiger partial charge in [-0.25, -0.2) is 4.98 Å². The van der Waals surface area contributed by atoms with Crippen molar-refractivity contribution >= 4 is 17.5 Å². The lowest BCUT2D eigenvalue weighted by Gasteiger charge is -2.26. The molecule has 3 rings (SSSR count). The van der Waals surface area contributed by atoms with Crippen LogP contribution in [0.25, 0.3) is 0 Å². The second-order valence-corrected chi connectivity index (χ2v) is 5.93. The number of carbonyl (C=O) groups is 2. The number of likely N-dealkylation sites (tertiary alicyclic amines) is 1. The van der Waals surface area contributed by atoms with E-state index in [2.05, 4.69) is 15.3 Å². The molecule has 2 heterocycles. The van der Waals surface area contributed by atoms with Crippen LogP contribution in [-0.2, 0) is 16.0 Å². The number of rotatable bonds is 5.